The molecule has 6 nitrogen and oxygen atoms in total. The van der Waals surface area contributed by atoms with Crippen molar-refractivity contribution in [3.05, 3.63) is 95.0 Å². The summed E-state index contributed by atoms with van der Waals surface area (Å²) in [5.74, 6) is 0.159. The lowest BCUT2D eigenvalue weighted by molar-refractivity contribution is -0.142. The number of halogens is 2. The first kappa shape index (κ1) is 28.6. The van der Waals surface area contributed by atoms with Crippen LogP contribution in [0.4, 0.5) is 10.2 Å². The number of benzene rings is 1. The number of pyridine rings is 1. The number of hydrogen-bond acceptors (Lipinski definition) is 6. The smallest absolute Gasteiger partial charge is 0.302 e. The van der Waals surface area contributed by atoms with Crippen molar-refractivity contribution in [1.82, 2.24) is 14.8 Å². The number of likely N-dealkylation sites (N-methyl/N-ethyl adjacent to an activating group) is 1. The molecule has 198 valence electrons. The van der Waals surface area contributed by atoms with Crippen molar-refractivity contribution >= 4 is 23.4 Å². The van der Waals surface area contributed by atoms with E-state index in [1.807, 2.05) is 19.1 Å². The third kappa shape index (κ3) is 8.52. The molecule has 0 spiro atoms. The van der Waals surface area contributed by atoms with Gasteiger partial charge in [0.05, 0.1) is 0 Å². The summed E-state index contributed by atoms with van der Waals surface area (Å²) >= 11 is 6.02. The molecule has 2 aromatic rings. The van der Waals surface area contributed by atoms with E-state index in [1.54, 1.807) is 6.20 Å². The molecule has 0 atom stereocenters. The van der Waals surface area contributed by atoms with Gasteiger partial charge in [-0.1, -0.05) is 62.0 Å². The predicted octanol–water partition coefficient (Wildman–Crippen LogP) is 5.45. The number of rotatable bonds is 12. The van der Waals surface area contributed by atoms with Crippen LogP contribution < -0.4 is 4.90 Å². The summed E-state index contributed by atoms with van der Waals surface area (Å²) in [4.78, 5) is 22.6. The molecule has 0 bridgehead atoms. The fourth-order valence-electron chi connectivity index (χ4n) is 4.31. The van der Waals surface area contributed by atoms with Crippen LogP contribution >= 0.6 is 11.6 Å². The van der Waals surface area contributed by atoms with E-state index < -0.39 is 5.83 Å². The van der Waals surface area contributed by atoms with Gasteiger partial charge in [0.25, 0.3) is 0 Å². The average Bonchev–Trinajstić information content (AvgIpc) is 2.90. The largest absolute Gasteiger partial charge is 0.461 e. The molecular weight excluding hydrogens is 491 g/mol. The summed E-state index contributed by atoms with van der Waals surface area (Å²) in [7, 11) is 0. The first-order chi connectivity index (χ1) is 17.8. The van der Waals surface area contributed by atoms with Gasteiger partial charge >= 0.3 is 5.97 Å². The third-order valence-corrected chi connectivity index (χ3v) is 6.66. The highest BCUT2D eigenvalue weighted by Crippen LogP contribution is 2.22. The molecule has 0 radical (unpaired) electrons. The van der Waals surface area contributed by atoms with Gasteiger partial charge in [0.15, 0.2) is 0 Å². The number of carbonyl (C=O) groups excluding carboxylic acids is 1. The van der Waals surface area contributed by atoms with Crippen molar-refractivity contribution in [2.75, 3.05) is 44.2 Å². The summed E-state index contributed by atoms with van der Waals surface area (Å²) in [6, 6.07) is 12.4. The molecular formula is C29H36ClFN4O2. The van der Waals surface area contributed by atoms with Crippen molar-refractivity contribution < 1.29 is 13.9 Å². The summed E-state index contributed by atoms with van der Waals surface area (Å²) in [5, 5.41) is 0.204. The van der Waals surface area contributed by atoms with Crippen molar-refractivity contribution in [1.29, 1.82) is 0 Å². The van der Waals surface area contributed by atoms with Gasteiger partial charge in [-0.15, -0.1) is 0 Å². The second kappa shape index (κ2) is 14.1. The Morgan fingerprint density at radius 1 is 1.19 bits per heavy atom. The molecule has 1 fully saturated rings. The fraction of sp³-hybridized carbons (Fsp3) is 0.379. The topological polar surface area (TPSA) is 48.9 Å². The Hall–Kier alpha value is -3.00. The maximum absolute atomic E-state index is 14.1. The van der Waals surface area contributed by atoms with Crippen LogP contribution in [0, 0.1) is 0 Å². The first-order valence-corrected chi connectivity index (χ1v) is 12.9. The van der Waals surface area contributed by atoms with Gasteiger partial charge in [-0.3, -0.25) is 14.6 Å². The molecule has 1 aromatic heterocycles. The van der Waals surface area contributed by atoms with E-state index in [4.69, 9.17) is 16.3 Å². The van der Waals surface area contributed by atoms with E-state index in [9.17, 15) is 9.18 Å². The van der Waals surface area contributed by atoms with Crippen molar-refractivity contribution in [2.45, 2.75) is 33.5 Å². The first-order valence-electron chi connectivity index (χ1n) is 12.5. The van der Waals surface area contributed by atoms with Crippen LogP contribution in [0.1, 0.15) is 30.5 Å². The van der Waals surface area contributed by atoms with Gasteiger partial charge in [0.1, 0.15) is 18.3 Å². The third-order valence-electron chi connectivity index (χ3n) is 6.43. The Labute approximate surface area is 224 Å². The number of piperazine rings is 1. The van der Waals surface area contributed by atoms with Crippen molar-refractivity contribution in [3.63, 3.8) is 0 Å². The second-order valence-electron chi connectivity index (χ2n) is 9.08. The zero-order valence-electron chi connectivity index (χ0n) is 21.8. The van der Waals surface area contributed by atoms with Crippen molar-refractivity contribution in [2.24, 2.45) is 0 Å². The summed E-state index contributed by atoms with van der Waals surface area (Å²) in [6.07, 6.45) is 2.95. The molecule has 0 aliphatic carbocycles. The number of esters is 1. The van der Waals surface area contributed by atoms with Gasteiger partial charge in [-0.25, -0.2) is 9.37 Å². The minimum atomic E-state index is -0.433. The number of allylic oxidation sites excluding steroid dienone is 2. The molecule has 8 heteroatoms. The summed E-state index contributed by atoms with van der Waals surface area (Å²) in [6.45, 7) is 17.1. The van der Waals surface area contributed by atoms with Gasteiger partial charge in [0, 0.05) is 75.1 Å². The van der Waals surface area contributed by atoms with Gasteiger partial charge in [-0.05, 0) is 29.8 Å². The Morgan fingerprint density at radius 3 is 2.46 bits per heavy atom. The molecule has 1 saturated heterocycles. The summed E-state index contributed by atoms with van der Waals surface area (Å²) in [5.41, 5.74) is 3.71. The van der Waals surface area contributed by atoms with Crippen LogP contribution in [-0.2, 0) is 29.2 Å². The zero-order chi connectivity index (χ0) is 26.8. The molecule has 1 aliphatic heterocycles. The number of anilines is 1. The lowest BCUT2D eigenvalue weighted by Crippen LogP contribution is -2.46. The van der Waals surface area contributed by atoms with Gasteiger partial charge < -0.3 is 9.64 Å². The highest BCUT2D eigenvalue weighted by Gasteiger charge is 2.21. The molecule has 37 heavy (non-hydrogen) atoms. The SMILES string of the molecule is C=C/C(F)=C(/CN(CC)Cc1ccc(CN2CCN(c3ncccc3COC(C)=O)CC2)cc1)C(=C)Cl. The molecule has 0 unspecified atom stereocenters. The number of carbonyl (C=O) groups is 1. The van der Waals surface area contributed by atoms with Crippen LogP contribution in [0.3, 0.4) is 0 Å². The molecule has 0 amide bonds. The van der Waals surface area contributed by atoms with E-state index in [1.165, 1.54) is 18.6 Å². The maximum Gasteiger partial charge on any atom is 0.302 e. The standard InChI is InChI=1S/C29H36ClFN4O2/c1-5-28(31)27(22(3)30)20-33(6-2)18-24-9-11-25(12-10-24)19-34-14-16-35(17-15-34)29-26(8-7-13-32-29)21-37-23(4)36/h5,7-13H,1,3,6,14-21H2,2,4H3/b28-27+. The van der Waals surface area contributed by atoms with E-state index in [2.05, 4.69) is 57.1 Å². The lowest BCUT2D eigenvalue weighted by Gasteiger charge is -2.36. The highest BCUT2D eigenvalue weighted by atomic mass is 35.5. The monoisotopic (exact) mass is 526 g/mol. The van der Waals surface area contributed by atoms with Crippen LogP contribution in [0.2, 0.25) is 0 Å². The normalized spacial score (nSPS) is 14.9. The fourth-order valence-corrected chi connectivity index (χ4v) is 4.46. The molecule has 1 aromatic carbocycles. The number of ether oxygens (including phenoxy) is 1. The minimum absolute atomic E-state index is 0.204. The van der Waals surface area contributed by atoms with Crippen LogP contribution in [0.25, 0.3) is 0 Å². The number of nitrogens with zero attached hydrogens (tertiary/aromatic N) is 4. The van der Waals surface area contributed by atoms with Gasteiger partial charge in [-0.2, -0.15) is 0 Å². The van der Waals surface area contributed by atoms with E-state index in [0.717, 1.165) is 56.2 Å². The molecule has 3 rings (SSSR count). The molecule has 0 N–H and O–H groups in total. The Balaban J connectivity index is 1.53. The van der Waals surface area contributed by atoms with Crippen LogP contribution in [0.5, 0.6) is 0 Å². The number of hydrogen-bond donors (Lipinski definition) is 0. The Bertz CT molecular complexity index is 1110. The Kier molecular flexibility index (Phi) is 10.9. The molecule has 1 aliphatic rings. The highest BCUT2D eigenvalue weighted by molar-refractivity contribution is 6.31. The second-order valence-corrected chi connectivity index (χ2v) is 9.54. The van der Waals surface area contributed by atoms with Crippen LogP contribution in [0.15, 0.2) is 78.3 Å². The number of aromatic nitrogens is 1. The van der Waals surface area contributed by atoms with E-state index in [0.29, 0.717) is 18.7 Å². The van der Waals surface area contributed by atoms with E-state index in [-0.39, 0.29) is 17.6 Å². The predicted molar refractivity (Wildman–Crippen MR) is 148 cm³/mol. The van der Waals surface area contributed by atoms with E-state index >= 15 is 0 Å². The molecule has 0 saturated carbocycles. The van der Waals surface area contributed by atoms with Crippen LogP contribution in [-0.4, -0.2) is 60.0 Å². The average molecular weight is 527 g/mol. The zero-order valence-corrected chi connectivity index (χ0v) is 22.5. The molecule has 2 heterocycles. The lowest BCUT2D eigenvalue weighted by atomic mass is 10.1. The Morgan fingerprint density at radius 2 is 1.86 bits per heavy atom. The van der Waals surface area contributed by atoms with Gasteiger partial charge in [0.2, 0.25) is 0 Å². The quantitative estimate of drug-likeness (QED) is 0.271. The minimum Gasteiger partial charge on any atom is -0.461 e. The summed E-state index contributed by atoms with van der Waals surface area (Å²) < 4.78 is 19.3. The van der Waals surface area contributed by atoms with Crippen molar-refractivity contribution in [3.8, 4) is 0 Å². The maximum atomic E-state index is 14.1.